The van der Waals surface area contributed by atoms with Gasteiger partial charge in [-0.1, -0.05) is 17.7 Å². The Kier molecular flexibility index (Phi) is 5.82. The summed E-state index contributed by atoms with van der Waals surface area (Å²) in [6.45, 7) is 4.56. The van der Waals surface area contributed by atoms with Gasteiger partial charge < -0.3 is 15.0 Å². The second-order valence-electron chi connectivity index (χ2n) is 6.92. The van der Waals surface area contributed by atoms with E-state index in [9.17, 15) is 14.9 Å². The lowest BCUT2D eigenvalue weighted by atomic mass is 10.1. The highest BCUT2D eigenvalue weighted by molar-refractivity contribution is 8.18. The number of nitro benzene ring substituents is 1. The third kappa shape index (κ3) is 4.52. The van der Waals surface area contributed by atoms with E-state index in [0.717, 1.165) is 16.9 Å². The molecule has 30 heavy (non-hydrogen) atoms. The summed E-state index contributed by atoms with van der Waals surface area (Å²) in [5.74, 6) is -0.273. The lowest BCUT2D eigenvalue weighted by molar-refractivity contribution is -0.384. The van der Waals surface area contributed by atoms with Crippen molar-refractivity contribution in [3.8, 4) is 0 Å². The third-order valence-corrected chi connectivity index (χ3v) is 5.69. The second kappa shape index (κ2) is 8.68. The van der Waals surface area contributed by atoms with Crippen molar-refractivity contribution in [3.63, 3.8) is 0 Å². The standard InChI is InChI=1S/C21H20N4O4S/c1-14-2-4-16(5-3-14)22-21-23-20(26)19(30-21)13-15-12-17(25(27)28)6-7-18(15)24-8-10-29-11-9-24/h2-7,12-13H,8-11H2,1H3,(H,22,23,26). The predicted molar refractivity (Wildman–Crippen MR) is 118 cm³/mol. The number of non-ortho nitro benzene ring substituents is 1. The summed E-state index contributed by atoms with van der Waals surface area (Å²) in [6, 6.07) is 12.4. The van der Waals surface area contributed by atoms with Crippen LogP contribution in [0.5, 0.6) is 0 Å². The smallest absolute Gasteiger partial charge is 0.270 e. The minimum absolute atomic E-state index is 0.0178. The molecule has 2 aromatic rings. The Morgan fingerprint density at radius 2 is 1.93 bits per heavy atom. The molecule has 2 fully saturated rings. The molecule has 0 bridgehead atoms. The van der Waals surface area contributed by atoms with E-state index >= 15 is 0 Å². The van der Waals surface area contributed by atoms with Gasteiger partial charge in [0.2, 0.25) is 0 Å². The van der Waals surface area contributed by atoms with Gasteiger partial charge in [0, 0.05) is 36.5 Å². The molecular weight excluding hydrogens is 404 g/mol. The molecule has 0 saturated carbocycles. The number of carbonyl (C=O) groups excluding carboxylic acids is 1. The Balaban J connectivity index is 1.65. The number of amides is 1. The molecule has 2 saturated heterocycles. The second-order valence-corrected chi connectivity index (χ2v) is 7.95. The summed E-state index contributed by atoms with van der Waals surface area (Å²) in [4.78, 5) is 30.3. The van der Waals surface area contributed by atoms with Crippen LogP contribution in [0.4, 0.5) is 17.1 Å². The highest BCUT2D eigenvalue weighted by Gasteiger charge is 2.25. The normalized spacial score (nSPS) is 19.4. The average Bonchev–Trinajstić information content (AvgIpc) is 3.09. The fraction of sp³-hybridized carbons (Fsp3) is 0.238. The maximum absolute atomic E-state index is 12.5. The zero-order valence-electron chi connectivity index (χ0n) is 16.3. The third-order valence-electron chi connectivity index (χ3n) is 4.78. The van der Waals surface area contributed by atoms with Crippen molar-refractivity contribution >= 4 is 46.0 Å². The quantitative estimate of drug-likeness (QED) is 0.457. The number of aryl methyl sites for hydroxylation is 1. The molecule has 2 aromatic carbocycles. The first-order chi connectivity index (χ1) is 14.5. The van der Waals surface area contributed by atoms with E-state index in [-0.39, 0.29) is 11.6 Å². The molecule has 8 nitrogen and oxygen atoms in total. The zero-order valence-corrected chi connectivity index (χ0v) is 17.1. The number of hydrogen-bond donors (Lipinski definition) is 1. The van der Waals surface area contributed by atoms with E-state index in [1.807, 2.05) is 31.2 Å². The number of thioether (sulfide) groups is 1. The summed E-state index contributed by atoms with van der Waals surface area (Å²) in [6.07, 6.45) is 1.69. The number of anilines is 1. The van der Waals surface area contributed by atoms with Crippen LogP contribution in [0, 0.1) is 17.0 Å². The molecular formula is C21H20N4O4S. The average molecular weight is 424 g/mol. The lowest BCUT2D eigenvalue weighted by Gasteiger charge is -2.30. The maximum atomic E-state index is 12.5. The van der Waals surface area contributed by atoms with Crippen molar-refractivity contribution in [2.75, 3.05) is 31.2 Å². The van der Waals surface area contributed by atoms with Crippen LogP contribution in [-0.4, -0.2) is 42.3 Å². The number of carbonyl (C=O) groups is 1. The fourth-order valence-electron chi connectivity index (χ4n) is 3.22. The summed E-state index contributed by atoms with van der Waals surface area (Å²) < 4.78 is 5.40. The molecule has 9 heteroatoms. The topological polar surface area (TPSA) is 97.1 Å². The molecule has 2 heterocycles. The molecule has 154 valence electrons. The van der Waals surface area contributed by atoms with Crippen molar-refractivity contribution in [2.45, 2.75) is 6.92 Å². The Morgan fingerprint density at radius 3 is 2.63 bits per heavy atom. The van der Waals surface area contributed by atoms with E-state index in [4.69, 9.17) is 4.74 Å². The van der Waals surface area contributed by atoms with Crippen molar-refractivity contribution in [2.24, 2.45) is 4.99 Å². The molecule has 0 aliphatic carbocycles. The van der Waals surface area contributed by atoms with Gasteiger partial charge in [-0.05, 0) is 43.0 Å². The molecule has 0 radical (unpaired) electrons. The fourth-order valence-corrected chi connectivity index (χ4v) is 4.05. The Hall–Kier alpha value is -3.17. The summed E-state index contributed by atoms with van der Waals surface area (Å²) in [7, 11) is 0. The van der Waals surface area contributed by atoms with Gasteiger partial charge in [0.15, 0.2) is 5.17 Å². The highest BCUT2D eigenvalue weighted by atomic mass is 32.2. The molecule has 0 atom stereocenters. The number of aliphatic imine (C=N–C) groups is 1. The number of amidine groups is 1. The minimum Gasteiger partial charge on any atom is -0.378 e. The first kappa shape index (κ1) is 20.1. The van der Waals surface area contributed by atoms with Crippen LogP contribution in [0.1, 0.15) is 11.1 Å². The molecule has 4 rings (SSSR count). The Bertz CT molecular complexity index is 1040. The van der Waals surface area contributed by atoms with Crippen molar-refractivity contribution in [3.05, 3.63) is 68.6 Å². The number of nitrogens with one attached hydrogen (secondary N) is 1. The van der Waals surface area contributed by atoms with Crippen LogP contribution < -0.4 is 10.2 Å². The molecule has 0 unspecified atom stereocenters. The van der Waals surface area contributed by atoms with E-state index in [1.54, 1.807) is 12.1 Å². The van der Waals surface area contributed by atoms with Crippen molar-refractivity contribution in [1.82, 2.24) is 5.32 Å². The minimum atomic E-state index is -0.433. The summed E-state index contributed by atoms with van der Waals surface area (Å²) in [5, 5.41) is 14.5. The van der Waals surface area contributed by atoms with Gasteiger partial charge in [0.1, 0.15) is 0 Å². The largest absolute Gasteiger partial charge is 0.378 e. The van der Waals surface area contributed by atoms with E-state index < -0.39 is 4.92 Å². The molecule has 2 aliphatic rings. The number of rotatable bonds is 4. The van der Waals surface area contributed by atoms with Gasteiger partial charge in [0.05, 0.1) is 28.7 Å². The van der Waals surface area contributed by atoms with Crippen LogP contribution in [-0.2, 0) is 9.53 Å². The van der Waals surface area contributed by atoms with E-state index in [0.29, 0.717) is 41.9 Å². The molecule has 1 N–H and O–H groups in total. The van der Waals surface area contributed by atoms with Gasteiger partial charge >= 0.3 is 0 Å². The first-order valence-corrected chi connectivity index (χ1v) is 10.3. The lowest BCUT2D eigenvalue weighted by Crippen LogP contribution is -2.36. The van der Waals surface area contributed by atoms with Gasteiger partial charge in [-0.2, -0.15) is 0 Å². The van der Waals surface area contributed by atoms with Crippen LogP contribution in [0.25, 0.3) is 6.08 Å². The maximum Gasteiger partial charge on any atom is 0.270 e. The molecule has 2 aliphatic heterocycles. The monoisotopic (exact) mass is 424 g/mol. The van der Waals surface area contributed by atoms with Crippen LogP contribution in [0.15, 0.2) is 52.4 Å². The number of nitrogens with zero attached hydrogens (tertiary/aromatic N) is 3. The molecule has 0 spiro atoms. The summed E-state index contributed by atoms with van der Waals surface area (Å²) in [5.41, 5.74) is 3.32. The van der Waals surface area contributed by atoms with Crippen LogP contribution in [0.2, 0.25) is 0 Å². The van der Waals surface area contributed by atoms with Crippen molar-refractivity contribution < 1.29 is 14.5 Å². The van der Waals surface area contributed by atoms with Gasteiger partial charge in [0.25, 0.3) is 11.6 Å². The van der Waals surface area contributed by atoms with E-state index in [2.05, 4.69) is 15.2 Å². The number of benzene rings is 2. The van der Waals surface area contributed by atoms with Gasteiger partial charge in [-0.3, -0.25) is 14.9 Å². The number of hydrogen-bond acceptors (Lipinski definition) is 7. The number of ether oxygens (including phenoxy) is 1. The van der Waals surface area contributed by atoms with Gasteiger partial charge in [-0.25, -0.2) is 4.99 Å². The van der Waals surface area contributed by atoms with E-state index in [1.165, 1.54) is 23.9 Å². The number of nitro groups is 1. The van der Waals surface area contributed by atoms with Crippen molar-refractivity contribution in [1.29, 1.82) is 0 Å². The SMILES string of the molecule is Cc1ccc(N=C2NC(=O)C(=Cc3cc([N+](=O)[O-])ccc3N3CCOCC3)S2)cc1. The predicted octanol–water partition coefficient (Wildman–Crippen LogP) is 3.63. The first-order valence-electron chi connectivity index (χ1n) is 9.47. The number of morpholine rings is 1. The Morgan fingerprint density at radius 1 is 1.20 bits per heavy atom. The Labute approximate surface area is 177 Å². The van der Waals surface area contributed by atoms with Crippen LogP contribution >= 0.6 is 11.8 Å². The van der Waals surface area contributed by atoms with Crippen LogP contribution in [0.3, 0.4) is 0 Å². The van der Waals surface area contributed by atoms with Gasteiger partial charge in [-0.15, -0.1) is 0 Å². The molecule has 1 amide bonds. The highest BCUT2D eigenvalue weighted by Crippen LogP contribution is 2.33. The molecule has 0 aromatic heterocycles. The summed E-state index contributed by atoms with van der Waals surface area (Å²) >= 11 is 1.22. The zero-order chi connectivity index (χ0) is 21.1.